The van der Waals surface area contributed by atoms with E-state index in [-0.39, 0.29) is 5.91 Å². The first-order chi connectivity index (χ1) is 8.69. The third-order valence-corrected chi connectivity index (χ3v) is 3.47. The molecule has 1 spiro atoms. The fraction of sp³-hybridized carbons (Fsp3) is 0.286. The predicted molar refractivity (Wildman–Crippen MR) is 66.0 cm³/mol. The molecule has 2 aliphatic heterocycles. The van der Waals surface area contributed by atoms with E-state index in [2.05, 4.69) is 0 Å². The number of fused-ring (bicyclic) bond motifs is 2. The van der Waals surface area contributed by atoms with Crippen molar-refractivity contribution in [1.29, 1.82) is 0 Å². The summed E-state index contributed by atoms with van der Waals surface area (Å²) in [6.07, 6.45) is 3.49. The van der Waals surface area contributed by atoms with Crippen molar-refractivity contribution in [2.75, 3.05) is 11.4 Å². The minimum Gasteiger partial charge on any atom is -0.440 e. The number of para-hydroxylation sites is 1. The monoisotopic (exact) mass is 243 g/mol. The molecule has 0 radical (unpaired) electrons. The lowest BCUT2D eigenvalue weighted by Crippen LogP contribution is -2.44. The van der Waals surface area contributed by atoms with Gasteiger partial charge in [-0.05, 0) is 13.0 Å². The van der Waals surface area contributed by atoms with Crippen molar-refractivity contribution < 1.29 is 14.3 Å². The quantitative estimate of drug-likeness (QED) is 0.706. The van der Waals surface area contributed by atoms with Crippen molar-refractivity contribution in [3.63, 3.8) is 0 Å². The number of hydrogen-bond donors (Lipinski definition) is 0. The Kier molecular flexibility index (Phi) is 2.26. The van der Waals surface area contributed by atoms with E-state index in [9.17, 15) is 9.59 Å². The molecule has 3 rings (SSSR count). The predicted octanol–water partition coefficient (Wildman–Crippen LogP) is 1.75. The standard InChI is InChI=1S/C14H13NO3/c1-2-15-11-7-4-3-6-10(11)14(13(15)17)9-5-8-12(16)18-14/h3-8H,2,9H2,1H3/t14-/m1/s1. The van der Waals surface area contributed by atoms with Crippen LogP contribution >= 0.6 is 0 Å². The van der Waals surface area contributed by atoms with Gasteiger partial charge in [-0.15, -0.1) is 0 Å². The van der Waals surface area contributed by atoms with E-state index >= 15 is 0 Å². The fourth-order valence-corrected chi connectivity index (χ4v) is 2.67. The SMILES string of the molecule is CCN1C(=O)[C@@]2(CC=CC(=O)O2)c2ccccc21. The summed E-state index contributed by atoms with van der Waals surface area (Å²) in [6.45, 7) is 2.48. The fourth-order valence-electron chi connectivity index (χ4n) is 2.67. The molecule has 2 heterocycles. The smallest absolute Gasteiger partial charge is 0.331 e. The zero-order chi connectivity index (χ0) is 12.8. The summed E-state index contributed by atoms with van der Waals surface area (Å²) in [7, 11) is 0. The molecular formula is C14H13NO3. The molecule has 0 aromatic heterocycles. The number of hydrogen-bond acceptors (Lipinski definition) is 3. The molecule has 1 amide bonds. The zero-order valence-corrected chi connectivity index (χ0v) is 10.1. The molecule has 0 fully saturated rings. The van der Waals surface area contributed by atoms with Crippen molar-refractivity contribution >= 4 is 17.6 Å². The molecule has 0 saturated carbocycles. The van der Waals surface area contributed by atoms with Crippen LogP contribution in [0.25, 0.3) is 0 Å². The molecular weight excluding hydrogens is 230 g/mol. The van der Waals surface area contributed by atoms with Crippen LogP contribution in [0.15, 0.2) is 36.4 Å². The lowest BCUT2D eigenvalue weighted by molar-refractivity contribution is -0.164. The van der Waals surface area contributed by atoms with Gasteiger partial charge in [-0.25, -0.2) is 4.79 Å². The van der Waals surface area contributed by atoms with Crippen LogP contribution in [0.1, 0.15) is 18.9 Å². The van der Waals surface area contributed by atoms with Gasteiger partial charge >= 0.3 is 5.97 Å². The minimum absolute atomic E-state index is 0.149. The number of esters is 1. The highest BCUT2D eigenvalue weighted by Gasteiger charge is 2.53. The summed E-state index contributed by atoms with van der Waals surface area (Å²) in [6, 6.07) is 7.49. The molecule has 0 N–H and O–H groups in total. The molecule has 1 atom stereocenters. The topological polar surface area (TPSA) is 46.6 Å². The summed E-state index contributed by atoms with van der Waals surface area (Å²) >= 11 is 0. The van der Waals surface area contributed by atoms with E-state index < -0.39 is 11.6 Å². The van der Waals surface area contributed by atoms with Crippen LogP contribution < -0.4 is 4.90 Å². The maximum atomic E-state index is 12.5. The Hall–Kier alpha value is -2.10. The maximum Gasteiger partial charge on any atom is 0.331 e. The highest BCUT2D eigenvalue weighted by Crippen LogP contribution is 2.46. The number of ether oxygens (including phenoxy) is 1. The second-order valence-corrected chi connectivity index (χ2v) is 4.42. The largest absolute Gasteiger partial charge is 0.440 e. The summed E-state index contributed by atoms with van der Waals surface area (Å²) in [4.78, 5) is 25.7. The highest BCUT2D eigenvalue weighted by molar-refractivity contribution is 6.08. The van der Waals surface area contributed by atoms with Crippen molar-refractivity contribution in [3.05, 3.63) is 42.0 Å². The number of anilines is 1. The van der Waals surface area contributed by atoms with Gasteiger partial charge in [0.1, 0.15) is 0 Å². The Balaban J connectivity index is 2.19. The molecule has 0 unspecified atom stereocenters. The average Bonchev–Trinajstić information content (AvgIpc) is 2.60. The van der Waals surface area contributed by atoms with Crippen LogP contribution in [0.5, 0.6) is 0 Å². The Morgan fingerprint density at radius 1 is 1.33 bits per heavy atom. The van der Waals surface area contributed by atoms with Gasteiger partial charge in [-0.1, -0.05) is 24.3 Å². The normalized spacial score (nSPS) is 25.5. The molecule has 0 bridgehead atoms. The lowest BCUT2D eigenvalue weighted by Gasteiger charge is -2.29. The van der Waals surface area contributed by atoms with Gasteiger partial charge < -0.3 is 9.64 Å². The Morgan fingerprint density at radius 2 is 2.11 bits per heavy atom. The number of likely N-dealkylation sites (N-methyl/N-ethyl adjacent to an activating group) is 1. The molecule has 1 aromatic carbocycles. The van der Waals surface area contributed by atoms with E-state index in [1.165, 1.54) is 6.08 Å². The minimum atomic E-state index is -1.14. The van der Waals surface area contributed by atoms with Crippen molar-refractivity contribution in [2.24, 2.45) is 0 Å². The van der Waals surface area contributed by atoms with Crippen LogP contribution in [-0.2, 0) is 19.9 Å². The third-order valence-electron chi connectivity index (χ3n) is 3.47. The molecule has 0 saturated heterocycles. The molecule has 18 heavy (non-hydrogen) atoms. The number of rotatable bonds is 1. The number of carbonyl (C=O) groups excluding carboxylic acids is 2. The van der Waals surface area contributed by atoms with Crippen molar-refractivity contribution in [3.8, 4) is 0 Å². The van der Waals surface area contributed by atoms with Gasteiger partial charge in [0.25, 0.3) is 5.91 Å². The van der Waals surface area contributed by atoms with E-state index in [4.69, 9.17) is 4.74 Å². The second-order valence-electron chi connectivity index (χ2n) is 4.42. The molecule has 1 aromatic rings. The molecule has 4 heteroatoms. The van der Waals surface area contributed by atoms with Gasteiger partial charge in [0.15, 0.2) is 0 Å². The first kappa shape index (κ1) is 11.0. The molecule has 92 valence electrons. The van der Waals surface area contributed by atoms with Crippen LogP contribution in [-0.4, -0.2) is 18.4 Å². The van der Waals surface area contributed by atoms with Gasteiger partial charge in [0.2, 0.25) is 5.60 Å². The first-order valence-corrected chi connectivity index (χ1v) is 6.00. The van der Waals surface area contributed by atoms with E-state index in [0.29, 0.717) is 13.0 Å². The second kappa shape index (κ2) is 3.70. The first-order valence-electron chi connectivity index (χ1n) is 6.00. The maximum absolute atomic E-state index is 12.5. The third kappa shape index (κ3) is 1.26. The lowest BCUT2D eigenvalue weighted by atomic mass is 9.90. The van der Waals surface area contributed by atoms with E-state index in [1.54, 1.807) is 11.0 Å². The van der Waals surface area contributed by atoms with Gasteiger partial charge in [-0.2, -0.15) is 0 Å². The number of benzene rings is 1. The van der Waals surface area contributed by atoms with Gasteiger partial charge in [0, 0.05) is 24.6 Å². The van der Waals surface area contributed by atoms with Gasteiger partial charge in [0.05, 0.1) is 5.69 Å². The van der Waals surface area contributed by atoms with Crippen molar-refractivity contribution in [2.45, 2.75) is 18.9 Å². The molecule has 2 aliphatic rings. The van der Waals surface area contributed by atoms with E-state index in [0.717, 1.165) is 11.3 Å². The van der Waals surface area contributed by atoms with E-state index in [1.807, 2.05) is 31.2 Å². The number of nitrogens with zero attached hydrogens (tertiary/aromatic N) is 1. The zero-order valence-electron chi connectivity index (χ0n) is 10.1. The Morgan fingerprint density at radius 3 is 2.83 bits per heavy atom. The summed E-state index contributed by atoms with van der Waals surface area (Å²) in [5, 5.41) is 0. The molecule has 0 aliphatic carbocycles. The van der Waals surface area contributed by atoms with Gasteiger partial charge in [-0.3, -0.25) is 4.79 Å². The van der Waals surface area contributed by atoms with Crippen LogP contribution in [0.3, 0.4) is 0 Å². The number of amides is 1. The Bertz CT molecular complexity index is 564. The summed E-state index contributed by atoms with van der Waals surface area (Å²) in [5.74, 6) is -0.605. The number of carbonyl (C=O) groups is 2. The summed E-state index contributed by atoms with van der Waals surface area (Å²) in [5.41, 5.74) is 0.487. The highest BCUT2D eigenvalue weighted by atomic mass is 16.6. The Labute approximate surface area is 105 Å². The van der Waals surface area contributed by atoms with Crippen LogP contribution in [0.2, 0.25) is 0 Å². The van der Waals surface area contributed by atoms with Crippen molar-refractivity contribution in [1.82, 2.24) is 0 Å². The van der Waals surface area contributed by atoms with Crippen LogP contribution in [0, 0.1) is 0 Å². The molecule has 4 nitrogen and oxygen atoms in total. The summed E-state index contributed by atoms with van der Waals surface area (Å²) < 4.78 is 5.39. The average molecular weight is 243 g/mol. The van der Waals surface area contributed by atoms with Crippen LogP contribution in [0.4, 0.5) is 5.69 Å².